The molecule has 33 heavy (non-hydrogen) atoms. The molecule has 1 aliphatic heterocycles. The van der Waals surface area contributed by atoms with E-state index in [0.717, 1.165) is 16.8 Å². The molecule has 3 heterocycles. The van der Waals surface area contributed by atoms with Crippen LogP contribution < -0.4 is 5.32 Å². The Hall–Kier alpha value is -4.04. The highest BCUT2D eigenvalue weighted by Gasteiger charge is 2.35. The zero-order valence-electron chi connectivity index (χ0n) is 17.6. The van der Waals surface area contributed by atoms with E-state index in [4.69, 9.17) is 0 Å². The van der Waals surface area contributed by atoms with Gasteiger partial charge in [-0.3, -0.25) is 9.78 Å². The fraction of sp³-hybridized carbons (Fsp3) is 0.120. The van der Waals surface area contributed by atoms with Crippen molar-refractivity contribution in [1.82, 2.24) is 15.0 Å². The van der Waals surface area contributed by atoms with Crippen molar-refractivity contribution in [2.24, 2.45) is 5.10 Å². The van der Waals surface area contributed by atoms with Gasteiger partial charge < -0.3 is 10.4 Å². The lowest BCUT2D eigenvalue weighted by Gasteiger charge is -2.22. The summed E-state index contributed by atoms with van der Waals surface area (Å²) in [6.07, 6.45) is 5.48. The summed E-state index contributed by atoms with van der Waals surface area (Å²) < 4.78 is 0. The standard InChI is InChI=1S/C25H21N5O2S/c31-22-11-5-4-10-19(22)21-13-20(18-9-6-12-26-15-18)29-30(21)24(32)23-16-28-25(33-23)27-14-17-7-2-1-3-8-17/h1-12,15-16,21,31H,13-14H2,(H,27,28). The first kappa shape index (κ1) is 20.8. The van der Waals surface area contributed by atoms with Crippen LogP contribution in [0.25, 0.3) is 0 Å². The molecular weight excluding hydrogens is 434 g/mol. The lowest BCUT2D eigenvalue weighted by atomic mass is 9.98. The van der Waals surface area contributed by atoms with Crippen molar-refractivity contribution in [2.75, 3.05) is 5.32 Å². The Labute approximate surface area is 195 Å². The first-order valence-corrected chi connectivity index (χ1v) is 11.3. The van der Waals surface area contributed by atoms with E-state index in [-0.39, 0.29) is 11.7 Å². The molecule has 1 aliphatic rings. The monoisotopic (exact) mass is 455 g/mol. The minimum absolute atomic E-state index is 0.137. The Kier molecular flexibility index (Phi) is 5.82. The van der Waals surface area contributed by atoms with Gasteiger partial charge in [0.25, 0.3) is 5.91 Å². The minimum atomic E-state index is -0.420. The number of aromatic hydroxyl groups is 1. The van der Waals surface area contributed by atoms with Crippen molar-refractivity contribution in [3.63, 3.8) is 0 Å². The van der Waals surface area contributed by atoms with Gasteiger partial charge in [-0.25, -0.2) is 9.99 Å². The van der Waals surface area contributed by atoms with Gasteiger partial charge in [-0.05, 0) is 17.7 Å². The van der Waals surface area contributed by atoms with E-state index >= 15 is 0 Å². The van der Waals surface area contributed by atoms with E-state index in [0.29, 0.717) is 28.5 Å². The number of hydrogen-bond donors (Lipinski definition) is 2. The Morgan fingerprint density at radius 1 is 1.06 bits per heavy atom. The average molecular weight is 456 g/mol. The molecule has 0 saturated heterocycles. The van der Waals surface area contributed by atoms with Crippen LogP contribution in [-0.4, -0.2) is 31.7 Å². The molecule has 0 aliphatic carbocycles. The van der Waals surface area contributed by atoms with Crippen LogP contribution in [0, 0.1) is 0 Å². The SMILES string of the molecule is O=C(c1cnc(NCc2ccccc2)s1)N1N=C(c2cccnc2)CC1c1ccccc1O. The summed E-state index contributed by atoms with van der Waals surface area (Å²) in [5.74, 6) is -0.120. The molecule has 1 atom stereocenters. The molecule has 8 heteroatoms. The largest absolute Gasteiger partial charge is 0.508 e. The minimum Gasteiger partial charge on any atom is -0.508 e. The maximum atomic E-state index is 13.5. The second-order valence-corrected chi connectivity index (χ2v) is 8.62. The number of hydrogen-bond acceptors (Lipinski definition) is 7. The van der Waals surface area contributed by atoms with Crippen LogP contribution in [-0.2, 0) is 6.54 Å². The number of phenols is 1. The number of phenolic OH excluding ortho intramolecular Hbond substituents is 1. The van der Waals surface area contributed by atoms with Gasteiger partial charge in [0, 0.05) is 36.5 Å². The van der Waals surface area contributed by atoms with Gasteiger partial charge in [0.2, 0.25) is 0 Å². The number of nitrogens with one attached hydrogen (secondary N) is 1. The van der Waals surface area contributed by atoms with Gasteiger partial charge in [-0.2, -0.15) is 5.10 Å². The van der Waals surface area contributed by atoms with E-state index in [2.05, 4.69) is 20.4 Å². The summed E-state index contributed by atoms with van der Waals surface area (Å²) in [5.41, 5.74) is 3.38. The molecule has 1 unspecified atom stereocenters. The van der Waals surface area contributed by atoms with Crippen molar-refractivity contribution < 1.29 is 9.90 Å². The van der Waals surface area contributed by atoms with Crippen LogP contribution in [0.2, 0.25) is 0 Å². The van der Waals surface area contributed by atoms with Crippen molar-refractivity contribution in [2.45, 2.75) is 19.0 Å². The summed E-state index contributed by atoms with van der Waals surface area (Å²) in [7, 11) is 0. The highest BCUT2D eigenvalue weighted by Crippen LogP contribution is 2.38. The molecular formula is C25H21N5O2S. The highest BCUT2D eigenvalue weighted by molar-refractivity contribution is 7.17. The predicted molar refractivity (Wildman–Crippen MR) is 128 cm³/mol. The van der Waals surface area contributed by atoms with E-state index < -0.39 is 6.04 Å². The molecule has 0 radical (unpaired) electrons. The summed E-state index contributed by atoms with van der Waals surface area (Å²) in [4.78, 5) is 22.5. The second-order valence-electron chi connectivity index (χ2n) is 7.59. The fourth-order valence-corrected chi connectivity index (χ4v) is 4.50. The zero-order valence-corrected chi connectivity index (χ0v) is 18.4. The topological polar surface area (TPSA) is 90.7 Å². The number of amides is 1. The summed E-state index contributed by atoms with van der Waals surface area (Å²) in [6.45, 7) is 0.621. The second kappa shape index (κ2) is 9.22. The number of nitrogens with zero attached hydrogens (tertiary/aromatic N) is 4. The summed E-state index contributed by atoms with van der Waals surface area (Å²) >= 11 is 1.29. The number of aromatic nitrogens is 2. The molecule has 0 saturated carbocycles. The number of carbonyl (C=O) groups is 1. The van der Waals surface area contributed by atoms with Crippen molar-refractivity contribution in [3.8, 4) is 5.75 Å². The molecule has 0 spiro atoms. The van der Waals surface area contributed by atoms with Crippen LogP contribution in [0.1, 0.15) is 38.8 Å². The maximum Gasteiger partial charge on any atom is 0.286 e. The number of para-hydroxylation sites is 1. The molecule has 164 valence electrons. The Balaban J connectivity index is 1.41. The van der Waals surface area contributed by atoms with Crippen LogP contribution in [0.4, 0.5) is 5.13 Å². The normalized spacial score (nSPS) is 15.3. The van der Waals surface area contributed by atoms with E-state index in [1.807, 2.05) is 54.6 Å². The maximum absolute atomic E-state index is 13.5. The highest BCUT2D eigenvalue weighted by atomic mass is 32.1. The zero-order chi connectivity index (χ0) is 22.6. The third-order valence-electron chi connectivity index (χ3n) is 5.41. The van der Waals surface area contributed by atoms with Gasteiger partial charge in [0.05, 0.1) is 18.0 Å². The average Bonchev–Trinajstić information content (AvgIpc) is 3.52. The number of anilines is 1. The predicted octanol–water partition coefficient (Wildman–Crippen LogP) is 4.85. The van der Waals surface area contributed by atoms with Gasteiger partial charge in [0.15, 0.2) is 5.13 Å². The number of hydrazone groups is 1. The lowest BCUT2D eigenvalue weighted by molar-refractivity contribution is 0.0714. The van der Waals surface area contributed by atoms with Crippen LogP contribution in [0.3, 0.4) is 0 Å². The Morgan fingerprint density at radius 2 is 1.88 bits per heavy atom. The van der Waals surface area contributed by atoms with Crippen LogP contribution in [0.15, 0.2) is 90.4 Å². The first-order chi connectivity index (χ1) is 16.2. The van der Waals surface area contributed by atoms with Gasteiger partial charge in [-0.15, -0.1) is 0 Å². The fourth-order valence-electron chi connectivity index (χ4n) is 3.76. The third kappa shape index (κ3) is 4.47. The third-order valence-corrected chi connectivity index (χ3v) is 6.36. The van der Waals surface area contributed by atoms with E-state index in [1.165, 1.54) is 16.3 Å². The summed E-state index contributed by atoms with van der Waals surface area (Å²) in [6, 6.07) is 20.4. The Bertz CT molecular complexity index is 1290. The van der Waals surface area contributed by atoms with Crippen LogP contribution >= 0.6 is 11.3 Å². The molecule has 0 fully saturated rings. The molecule has 0 bridgehead atoms. The van der Waals surface area contributed by atoms with Crippen molar-refractivity contribution >= 4 is 28.1 Å². The van der Waals surface area contributed by atoms with Crippen molar-refractivity contribution in [1.29, 1.82) is 0 Å². The van der Waals surface area contributed by atoms with E-state index in [1.54, 1.807) is 30.7 Å². The Morgan fingerprint density at radius 3 is 2.67 bits per heavy atom. The number of thiazole rings is 1. The quantitative estimate of drug-likeness (QED) is 0.434. The van der Waals surface area contributed by atoms with Gasteiger partial charge in [-0.1, -0.05) is 65.9 Å². The molecule has 2 aromatic heterocycles. The van der Waals surface area contributed by atoms with Crippen LogP contribution in [0.5, 0.6) is 5.75 Å². The molecule has 2 N–H and O–H groups in total. The number of pyridine rings is 1. The smallest absolute Gasteiger partial charge is 0.286 e. The summed E-state index contributed by atoms with van der Waals surface area (Å²) in [5, 5.41) is 20.5. The van der Waals surface area contributed by atoms with Crippen molar-refractivity contribution in [3.05, 3.63) is 107 Å². The van der Waals surface area contributed by atoms with Gasteiger partial charge in [0.1, 0.15) is 10.6 Å². The molecule has 2 aromatic carbocycles. The van der Waals surface area contributed by atoms with E-state index in [9.17, 15) is 9.90 Å². The number of carbonyl (C=O) groups excluding carboxylic acids is 1. The first-order valence-electron chi connectivity index (χ1n) is 10.5. The lowest BCUT2D eigenvalue weighted by Crippen LogP contribution is -2.26. The number of rotatable bonds is 6. The molecule has 1 amide bonds. The van der Waals surface area contributed by atoms with Gasteiger partial charge >= 0.3 is 0 Å². The number of benzene rings is 2. The molecule has 4 aromatic rings. The molecule has 5 rings (SSSR count). The molecule has 7 nitrogen and oxygen atoms in total.